The van der Waals surface area contributed by atoms with Crippen LogP contribution in [-0.4, -0.2) is 0 Å². The molecule has 8 heavy (non-hydrogen) atoms. The van der Waals surface area contributed by atoms with E-state index in [-0.39, 0.29) is 0 Å². The smallest absolute Gasteiger partial charge is 0.171 e. The molecule has 0 aliphatic heterocycles. The molecule has 1 aromatic carbocycles. The van der Waals surface area contributed by atoms with Crippen molar-refractivity contribution in [2.24, 2.45) is 0 Å². The van der Waals surface area contributed by atoms with Crippen molar-refractivity contribution in [1.82, 2.24) is 0 Å². The number of hydrogen-bond acceptors (Lipinski definition) is 0. The summed E-state index contributed by atoms with van der Waals surface area (Å²) in [5, 5.41) is 0. The largest absolute Gasteiger partial charge is 0.184 e. The van der Waals surface area contributed by atoms with Crippen molar-refractivity contribution in [3.05, 3.63) is 36.4 Å². The van der Waals surface area contributed by atoms with Gasteiger partial charge in [-0.1, -0.05) is 0 Å². The molecule has 0 amide bonds. The number of halogens is 1. The summed E-state index contributed by atoms with van der Waals surface area (Å²) in [7, 11) is 0. The third kappa shape index (κ3) is 3.82. The quantitative estimate of drug-likeness (QED) is 0.396. The first-order chi connectivity index (χ1) is 4.00. The van der Waals surface area contributed by atoms with Crippen molar-refractivity contribution in [3.63, 3.8) is 0 Å². The minimum atomic E-state index is 1.88. The van der Waals surface area contributed by atoms with Crippen molar-refractivity contribution < 1.29 is 19.5 Å². The fraction of sp³-hybridized carbons (Fsp3) is 0. The molecule has 0 aliphatic carbocycles. The summed E-state index contributed by atoms with van der Waals surface area (Å²) >= 11 is 2.38. The Morgan fingerprint density at radius 3 is 1.62 bits per heavy atom. The van der Waals surface area contributed by atoms with Crippen LogP contribution in [0.3, 0.4) is 0 Å². The predicted molar refractivity (Wildman–Crippen MR) is 26.4 cm³/mol. The SMILES string of the molecule is [F][Ni].[c-]1ccccc1. The van der Waals surface area contributed by atoms with E-state index in [0.29, 0.717) is 0 Å². The van der Waals surface area contributed by atoms with Gasteiger partial charge in [-0.25, -0.2) is 0 Å². The van der Waals surface area contributed by atoms with Crippen LogP contribution in [0.25, 0.3) is 0 Å². The van der Waals surface area contributed by atoms with Crippen LogP contribution in [0.5, 0.6) is 0 Å². The van der Waals surface area contributed by atoms with Gasteiger partial charge in [-0.3, -0.25) is 0 Å². The molecule has 47 valence electrons. The van der Waals surface area contributed by atoms with Gasteiger partial charge in [0.05, 0.1) is 0 Å². The average Bonchev–Trinajstić information content (AvgIpc) is 1.96. The summed E-state index contributed by atoms with van der Waals surface area (Å²) < 4.78 is 9.12. The van der Waals surface area contributed by atoms with E-state index in [0.717, 1.165) is 0 Å². The van der Waals surface area contributed by atoms with Gasteiger partial charge < -0.3 is 0 Å². The molecule has 0 bridgehead atoms. The second-order valence-electron chi connectivity index (χ2n) is 1.08. The van der Waals surface area contributed by atoms with E-state index in [1.165, 1.54) is 0 Å². The molecule has 2 heteroatoms. The molecular formula is C6H5FNi-. The van der Waals surface area contributed by atoms with Gasteiger partial charge in [-0.15, -0.1) is 0 Å². The molecule has 1 aromatic rings. The van der Waals surface area contributed by atoms with E-state index < -0.39 is 0 Å². The van der Waals surface area contributed by atoms with Crippen molar-refractivity contribution in [2.75, 3.05) is 0 Å². The maximum atomic E-state index is 9.12. The van der Waals surface area contributed by atoms with Gasteiger partial charge in [0.25, 0.3) is 0 Å². The third-order valence-electron chi connectivity index (χ3n) is 0.607. The Morgan fingerprint density at radius 2 is 1.50 bits per heavy atom. The van der Waals surface area contributed by atoms with E-state index in [9.17, 15) is 0 Å². The molecule has 0 N–H and O–H groups in total. The summed E-state index contributed by atoms with van der Waals surface area (Å²) in [5.74, 6) is 0. The summed E-state index contributed by atoms with van der Waals surface area (Å²) in [6.07, 6.45) is 0. The Labute approximate surface area is 56.5 Å². The fourth-order valence-electron chi connectivity index (χ4n) is 0.342. The van der Waals surface area contributed by atoms with Gasteiger partial charge in [-0.05, 0) is 0 Å². The molecule has 0 aromatic heterocycles. The Kier molecular flexibility index (Phi) is 6.35. The van der Waals surface area contributed by atoms with Crippen molar-refractivity contribution in [2.45, 2.75) is 0 Å². The van der Waals surface area contributed by atoms with E-state index in [1.54, 1.807) is 0 Å². The zero-order valence-corrected chi connectivity index (χ0v) is 5.07. The molecule has 0 saturated heterocycles. The fourth-order valence-corrected chi connectivity index (χ4v) is 0.342. The van der Waals surface area contributed by atoms with E-state index in [2.05, 4.69) is 22.0 Å². The molecular weight excluding hydrogens is 150 g/mol. The molecule has 0 fully saturated rings. The van der Waals surface area contributed by atoms with E-state index in [1.807, 2.05) is 30.3 Å². The van der Waals surface area contributed by atoms with Crippen molar-refractivity contribution in [1.29, 1.82) is 0 Å². The number of hydrogen-bond donors (Lipinski definition) is 0. The van der Waals surface area contributed by atoms with Crippen molar-refractivity contribution in [3.8, 4) is 0 Å². The van der Waals surface area contributed by atoms with Crippen LogP contribution >= 0.6 is 0 Å². The average molecular weight is 155 g/mol. The first-order valence-electron chi connectivity index (χ1n) is 2.03. The van der Waals surface area contributed by atoms with Crippen LogP contribution in [0.15, 0.2) is 30.3 Å². The van der Waals surface area contributed by atoms with E-state index >= 15 is 0 Å². The van der Waals surface area contributed by atoms with Gasteiger partial charge in [0, 0.05) is 0 Å². The van der Waals surface area contributed by atoms with Crippen molar-refractivity contribution >= 4 is 0 Å². The molecule has 1 rings (SSSR count). The van der Waals surface area contributed by atoms with Crippen LogP contribution in [0.2, 0.25) is 0 Å². The van der Waals surface area contributed by atoms with Gasteiger partial charge >= 0.3 is 19.5 Å². The van der Waals surface area contributed by atoms with Crippen LogP contribution in [-0.2, 0) is 15.9 Å². The third-order valence-corrected chi connectivity index (χ3v) is 0.607. The number of benzene rings is 1. The summed E-state index contributed by atoms with van der Waals surface area (Å²) in [6.45, 7) is 0. The maximum absolute atomic E-state index is 9.12. The second kappa shape index (κ2) is 6.64. The summed E-state index contributed by atoms with van der Waals surface area (Å²) in [4.78, 5) is 0. The molecule has 0 heterocycles. The summed E-state index contributed by atoms with van der Waals surface area (Å²) in [6, 6.07) is 12.5. The molecule has 0 unspecified atom stereocenters. The first-order valence-corrected chi connectivity index (χ1v) is 2.40. The number of rotatable bonds is 0. The van der Waals surface area contributed by atoms with Gasteiger partial charge in [0.15, 0.2) is 0 Å². The van der Waals surface area contributed by atoms with E-state index in [4.69, 9.17) is 3.61 Å². The monoisotopic (exact) mass is 154 g/mol. The molecule has 0 atom stereocenters. The second-order valence-corrected chi connectivity index (χ2v) is 1.08. The summed E-state index contributed by atoms with van der Waals surface area (Å²) in [5.41, 5.74) is 0. The molecule has 0 aliphatic rings. The minimum Gasteiger partial charge on any atom is -0.184 e. The Balaban J connectivity index is 0.000000222. The standard InChI is InChI=1S/C6H5.FH.Ni/c1-2-4-6-5-3-1;;/h1-5H;1H;/q-1;;+1/p-1. The first kappa shape index (κ1) is 7.64. The zero-order chi connectivity index (χ0) is 6.24. The maximum Gasteiger partial charge on any atom is -0.171 e. The normalized spacial score (nSPS) is 6.88. The van der Waals surface area contributed by atoms with Gasteiger partial charge in [-0.2, -0.15) is 36.4 Å². The van der Waals surface area contributed by atoms with Gasteiger partial charge in [0.1, 0.15) is 0 Å². The Morgan fingerprint density at radius 1 is 1.00 bits per heavy atom. The Bertz CT molecular complexity index is 80.5. The minimum absolute atomic E-state index is 1.88. The van der Waals surface area contributed by atoms with Crippen LogP contribution in [0.1, 0.15) is 0 Å². The molecule has 0 spiro atoms. The van der Waals surface area contributed by atoms with Crippen LogP contribution < -0.4 is 0 Å². The van der Waals surface area contributed by atoms with Crippen LogP contribution in [0, 0.1) is 6.07 Å². The Hall–Kier alpha value is -0.356. The molecule has 0 nitrogen and oxygen atoms in total. The molecule has 0 radical (unpaired) electrons. The zero-order valence-electron chi connectivity index (χ0n) is 4.08. The van der Waals surface area contributed by atoms with Gasteiger partial charge in [0.2, 0.25) is 0 Å². The topological polar surface area (TPSA) is 0 Å². The predicted octanol–water partition coefficient (Wildman–Crippen LogP) is 1.90. The molecule has 0 saturated carbocycles. The van der Waals surface area contributed by atoms with Crippen LogP contribution in [0.4, 0.5) is 3.61 Å².